The molecule has 1 amide bonds. The number of ether oxygens (including phenoxy) is 1. The highest BCUT2D eigenvalue weighted by molar-refractivity contribution is 5.89. The van der Waals surface area contributed by atoms with Crippen LogP contribution in [-0.2, 0) is 9.53 Å². The highest BCUT2D eigenvalue weighted by Gasteiger charge is 2.18. The second kappa shape index (κ2) is 4.11. The van der Waals surface area contributed by atoms with Gasteiger partial charge in [-0.25, -0.2) is 0 Å². The van der Waals surface area contributed by atoms with Crippen LogP contribution >= 0.6 is 0 Å². The number of carbonyl (C=O) groups is 1. The Balaban J connectivity index is 1.68. The quantitative estimate of drug-likeness (QED) is 0.523. The molecule has 0 aromatic carbocycles. The minimum absolute atomic E-state index is 0.0148. The van der Waals surface area contributed by atoms with Gasteiger partial charge >= 0.3 is 0 Å². The van der Waals surface area contributed by atoms with Crippen molar-refractivity contribution in [2.75, 3.05) is 25.0 Å². The van der Waals surface area contributed by atoms with E-state index < -0.39 is 0 Å². The SMILES string of the molecule is O=C(COC1CNC1)Nc1nn[nH]n1. The summed E-state index contributed by atoms with van der Waals surface area (Å²) in [6.07, 6.45) is 0.144. The van der Waals surface area contributed by atoms with Crippen LogP contribution in [0.5, 0.6) is 0 Å². The molecule has 0 bridgehead atoms. The number of rotatable bonds is 4. The van der Waals surface area contributed by atoms with E-state index in [4.69, 9.17) is 4.74 Å². The summed E-state index contributed by atoms with van der Waals surface area (Å²) in [5.41, 5.74) is 0. The number of tetrazole rings is 1. The van der Waals surface area contributed by atoms with Crippen molar-refractivity contribution in [2.45, 2.75) is 6.10 Å². The first-order valence-corrected chi connectivity index (χ1v) is 4.20. The molecular weight excluding hydrogens is 188 g/mol. The van der Waals surface area contributed by atoms with Gasteiger partial charge in [-0.1, -0.05) is 5.10 Å². The summed E-state index contributed by atoms with van der Waals surface area (Å²) in [5.74, 6) is -0.122. The van der Waals surface area contributed by atoms with E-state index in [2.05, 4.69) is 31.3 Å². The predicted molar refractivity (Wildman–Crippen MR) is 45.4 cm³/mol. The number of nitrogens with one attached hydrogen (secondary N) is 3. The summed E-state index contributed by atoms with van der Waals surface area (Å²) in [6, 6.07) is 0. The summed E-state index contributed by atoms with van der Waals surface area (Å²) in [6.45, 7) is 1.62. The van der Waals surface area contributed by atoms with Gasteiger partial charge in [0.25, 0.3) is 11.9 Å². The third kappa shape index (κ3) is 2.24. The largest absolute Gasteiger partial charge is 0.366 e. The van der Waals surface area contributed by atoms with Gasteiger partial charge in [-0.2, -0.15) is 5.21 Å². The van der Waals surface area contributed by atoms with E-state index in [-0.39, 0.29) is 24.6 Å². The normalized spacial score (nSPS) is 16.3. The summed E-state index contributed by atoms with van der Waals surface area (Å²) in [5, 5.41) is 18.1. The summed E-state index contributed by atoms with van der Waals surface area (Å²) >= 11 is 0. The van der Waals surface area contributed by atoms with Gasteiger partial charge in [-0.15, -0.1) is 5.10 Å². The molecule has 0 spiro atoms. The highest BCUT2D eigenvalue weighted by atomic mass is 16.5. The fourth-order valence-corrected chi connectivity index (χ4v) is 0.949. The van der Waals surface area contributed by atoms with Gasteiger partial charge in [0.2, 0.25) is 0 Å². The molecule has 14 heavy (non-hydrogen) atoms. The lowest BCUT2D eigenvalue weighted by Crippen LogP contribution is -2.49. The van der Waals surface area contributed by atoms with Crippen LogP contribution in [0.1, 0.15) is 0 Å². The molecule has 1 aromatic heterocycles. The van der Waals surface area contributed by atoms with Crippen LogP contribution < -0.4 is 10.6 Å². The molecule has 1 aromatic rings. The van der Waals surface area contributed by atoms with Crippen molar-refractivity contribution in [3.05, 3.63) is 0 Å². The average Bonchev–Trinajstić information content (AvgIpc) is 2.54. The molecule has 3 N–H and O–H groups in total. The van der Waals surface area contributed by atoms with E-state index in [1.807, 2.05) is 0 Å². The van der Waals surface area contributed by atoms with E-state index in [9.17, 15) is 4.79 Å². The zero-order valence-corrected chi connectivity index (χ0v) is 7.36. The van der Waals surface area contributed by atoms with E-state index in [0.29, 0.717) is 0 Å². The van der Waals surface area contributed by atoms with Crippen molar-refractivity contribution < 1.29 is 9.53 Å². The molecule has 8 nitrogen and oxygen atoms in total. The molecule has 0 unspecified atom stereocenters. The van der Waals surface area contributed by atoms with E-state index in [1.165, 1.54) is 0 Å². The minimum atomic E-state index is -0.279. The Morgan fingerprint density at radius 2 is 2.50 bits per heavy atom. The minimum Gasteiger partial charge on any atom is -0.366 e. The Bertz CT molecular complexity index is 295. The second-order valence-corrected chi connectivity index (χ2v) is 2.87. The van der Waals surface area contributed by atoms with E-state index in [0.717, 1.165) is 13.1 Å². The molecule has 2 heterocycles. The number of carbonyl (C=O) groups excluding carboxylic acids is 1. The second-order valence-electron chi connectivity index (χ2n) is 2.87. The molecule has 2 rings (SSSR count). The number of amides is 1. The third-order valence-corrected chi connectivity index (χ3v) is 1.79. The van der Waals surface area contributed by atoms with Crippen molar-refractivity contribution in [2.24, 2.45) is 0 Å². The topological polar surface area (TPSA) is 105 Å². The van der Waals surface area contributed by atoms with Gasteiger partial charge in [0.05, 0.1) is 6.10 Å². The summed E-state index contributed by atoms with van der Waals surface area (Å²) < 4.78 is 5.23. The first-order chi connectivity index (χ1) is 6.84. The van der Waals surface area contributed by atoms with Crippen LogP contribution in [0.4, 0.5) is 5.95 Å². The summed E-state index contributed by atoms with van der Waals surface area (Å²) in [4.78, 5) is 11.2. The van der Waals surface area contributed by atoms with Crippen LogP contribution in [0.3, 0.4) is 0 Å². The molecular formula is C6H10N6O2. The fraction of sp³-hybridized carbons (Fsp3) is 0.667. The first kappa shape index (κ1) is 9.03. The Labute approximate surface area is 79.4 Å². The average molecular weight is 198 g/mol. The molecule has 0 aliphatic carbocycles. The van der Waals surface area contributed by atoms with Crippen LogP contribution in [0.25, 0.3) is 0 Å². The number of hydrogen-bond donors (Lipinski definition) is 3. The lowest BCUT2D eigenvalue weighted by atomic mass is 10.2. The van der Waals surface area contributed by atoms with Gasteiger partial charge in [0.1, 0.15) is 6.61 Å². The molecule has 1 aliphatic rings. The number of aromatic amines is 1. The van der Waals surface area contributed by atoms with Crippen LogP contribution in [0.2, 0.25) is 0 Å². The van der Waals surface area contributed by atoms with Crippen molar-refractivity contribution in [3.63, 3.8) is 0 Å². The third-order valence-electron chi connectivity index (χ3n) is 1.79. The Morgan fingerprint density at radius 1 is 1.64 bits per heavy atom. The number of hydrogen-bond acceptors (Lipinski definition) is 6. The van der Waals surface area contributed by atoms with Crippen molar-refractivity contribution in [1.82, 2.24) is 25.9 Å². The van der Waals surface area contributed by atoms with E-state index in [1.54, 1.807) is 0 Å². The van der Waals surface area contributed by atoms with Crippen LogP contribution in [0.15, 0.2) is 0 Å². The van der Waals surface area contributed by atoms with Crippen molar-refractivity contribution >= 4 is 11.9 Å². The lowest BCUT2D eigenvalue weighted by Gasteiger charge is -2.26. The number of aromatic nitrogens is 4. The maximum absolute atomic E-state index is 11.2. The molecule has 0 radical (unpaired) electrons. The zero-order valence-electron chi connectivity index (χ0n) is 7.36. The molecule has 1 saturated heterocycles. The van der Waals surface area contributed by atoms with Gasteiger partial charge in [0, 0.05) is 13.1 Å². The number of nitrogens with zero attached hydrogens (tertiary/aromatic N) is 3. The molecule has 1 fully saturated rings. The van der Waals surface area contributed by atoms with Gasteiger partial charge < -0.3 is 10.1 Å². The van der Waals surface area contributed by atoms with E-state index >= 15 is 0 Å². The predicted octanol–water partition coefficient (Wildman–Crippen LogP) is -1.87. The maximum Gasteiger partial charge on any atom is 0.269 e. The van der Waals surface area contributed by atoms with Crippen molar-refractivity contribution in [1.29, 1.82) is 0 Å². The monoisotopic (exact) mass is 198 g/mol. The highest BCUT2D eigenvalue weighted by Crippen LogP contribution is 1.98. The Morgan fingerprint density at radius 3 is 3.07 bits per heavy atom. The standard InChI is InChI=1S/C6H10N6O2/c13-5(3-14-4-1-7-2-4)8-6-9-11-12-10-6/h4,7H,1-3H2,(H2,8,9,10,11,12,13). The van der Waals surface area contributed by atoms with Crippen molar-refractivity contribution in [3.8, 4) is 0 Å². The van der Waals surface area contributed by atoms with Gasteiger partial charge in [-0.3, -0.25) is 10.1 Å². The molecule has 0 saturated carbocycles. The smallest absolute Gasteiger partial charge is 0.269 e. The molecule has 8 heteroatoms. The fourth-order valence-electron chi connectivity index (χ4n) is 0.949. The van der Waals surface area contributed by atoms with Crippen LogP contribution in [-0.4, -0.2) is 52.3 Å². The lowest BCUT2D eigenvalue weighted by molar-refractivity contribution is -0.123. The molecule has 76 valence electrons. The maximum atomic E-state index is 11.2. The zero-order chi connectivity index (χ0) is 9.80. The molecule has 1 aliphatic heterocycles. The van der Waals surface area contributed by atoms with Crippen LogP contribution in [0, 0.1) is 0 Å². The number of anilines is 1. The Hall–Kier alpha value is -1.54. The first-order valence-electron chi connectivity index (χ1n) is 4.20. The van der Waals surface area contributed by atoms with Gasteiger partial charge in [-0.05, 0) is 5.21 Å². The summed E-state index contributed by atoms with van der Waals surface area (Å²) in [7, 11) is 0. The van der Waals surface area contributed by atoms with Gasteiger partial charge in [0.15, 0.2) is 0 Å². The Kier molecular flexibility index (Phi) is 2.65. The number of H-pyrrole nitrogens is 1. The molecule has 0 atom stereocenters.